The number of methoxy groups -OCH3 is 1. The molecule has 31 heavy (non-hydrogen) atoms. The summed E-state index contributed by atoms with van der Waals surface area (Å²) in [4.78, 5) is 25.9. The van der Waals surface area contributed by atoms with E-state index in [0.717, 1.165) is 31.2 Å². The minimum atomic E-state index is -0.485. The van der Waals surface area contributed by atoms with Gasteiger partial charge >= 0.3 is 0 Å². The van der Waals surface area contributed by atoms with Gasteiger partial charge in [0, 0.05) is 11.3 Å². The van der Waals surface area contributed by atoms with Crippen molar-refractivity contribution in [3.05, 3.63) is 90.0 Å². The zero-order valence-electron chi connectivity index (χ0n) is 17.6. The number of rotatable bonds is 6. The predicted molar refractivity (Wildman–Crippen MR) is 123 cm³/mol. The van der Waals surface area contributed by atoms with Crippen molar-refractivity contribution in [1.82, 2.24) is 0 Å². The van der Waals surface area contributed by atoms with Gasteiger partial charge in [-0.15, -0.1) is 0 Å². The normalized spacial score (nSPS) is 14.6. The molecule has 2 N–H and O–H groups in total. The van der Waals surface area contributed by atoms with E-state index in [2.05, 4.69) is 10.6 Å². The van der Waals surface area contributed by atoms with Gasteiger partial charge in [-0.25, -0.2) is 0 Å². The molecule has 0 spiro atoms. The van der Waals surface area contributed by atoms with E-state index in [1.807, 2.05) is 42.5 Å². The van der Waals surface area contributed by atoms with E-state index in [1.54, 1.807) is 43.5 Å². The number of amides is 2. The van der Waals surface area contributed by atoms with Crippen molar-refractivity contribution in [2.24, 2.45) is 0 Å². The molecule has 2 amide bonds. The van der Waals surface area contributed by atoms with Crippen LogP contribution in [0.5, 0.6) is 5.75 Å². The summed E-state index contributed by atoms with van der Waals surface area (Å²) >= 11 is 0. The molecule has 3 aromatic rings. The SMILES string of the molecule is COc1ccccc1NC(=O)c1ccc(NC(=O)C2(c3ccccc3)CCCC2)cc1. The summed E-state index contributed by atoms with van der Waals surface area (Å²) in [6.07, 6.45) is 3.79. The zero-order valence-corrected chi connectivity index (χ0v) is 17.6. The fourth-order valence-electron chi connectivity index (χ4n) is 4.28. The number of carbonyl (C=O) groups is 2. The number of nitrogens with one attached hydrogen (secondary N) is 2. The van der Waals surface area contributed by atoms with Crippen molar-refractivity contribution < 1.29 is 14.3 Å². The average molecular weight is 415 g/mol. The van der Waals surface area contributed by atoms with Gasteiger partial charge in [0.1, 0.15) is 5.75 Å². The standard InChI is InChI=1S/C26H26N2O3/c1-31-23-12-6-5-11-22(23)28-24(29)19-13-15-21(16-14-19)27-25(30)26(17-7-8-18-26)20-9-3-2-4-10-20/h2-6,9-16H,7-8,17-18H2,1H3,(H,27,30)(H,28,29). The maximum atomic E-state index is 13.3. The van der Waals surface area contributed by atoms with Crippen LogP contribution in [0.15, 0.2) is 78.9 Å². The first-order valence-corrected chi connectivity index (χ1v) is 10.5. The molecule has 0 aliphatic heterocycles. The summed E-state index contributed by atoms with van der Waals surface area (Å²) in [6, 6.07) is 24.2. The van der Waals surface area contributed by atoms with E-state index in [-0.39, 0.29) is 11.8 Å². The van der Waals surface area contributed by atoms with Crippen molar-refractivity contribution in [2.45, 2.75) is 31.1 Å². The Morgan fingerprint density at radius 3 is 2.13 bits per heavy atom. The van der Waals surface area contributed by atoms with E-state index < -0.39 is 5.41 Å². The molecule has 1 aliphatic carbocycles. The third kappa shape index (κ3) is 4.31. The molecular weight excluding hydrogens is 388 g/mol. The highest BCUT2D eigenvalue weighted by Gasteiger charge is 2.42. The quantitative estimate of drug-likeness (QED) is 0.568. The Kier molecular flexibility index (Phi) is 6.03. The van der Waals surface area contributed by atoms with Crippen molar-refractivity contribution in [2.75, 3.05) is 17.7 Å². The van der Waals surface area contributed by atoms with E-state index in [0.29, 0.717) is 22.7 Å². The van der Waals surface area contributed by atoms with Crippen LogP contribution >= 0.6 is 0 Å². The van der Waals surface area contributed by atoms with E-state index in [4.69, 9.17) is 4.74 Å². The summed E-state index contributed by atoms with van der Waals surface area (Å²) in [5, 5.41) is 5.93. The lowest BCUT2D eigenvalue weighted by Crippen LogP contribution is -2.37. The Morgan fingerprint density at radius 2 is 1.45 bits per heavy atom. The number of benzene rings is 3. The smallest absolute Gasteiger partial charge is 0.255 e. The molecule has 1 aliphatic rings. The lowest BCUT2D eigenvalue weighted by molar-refractivity contribution is -0.121. The fraction of sp³-hybridized carbons (Fsp3) is 0.231. The number of hydrogen-bond acceptors (Lipinski definition) is 3. The third-order valence-corrected chi connectivity index (χ3v) is 5.98. The van der Waals surface area contributed by atoms with Crippen LogP contribution in [-0.4, -0.2) is 18.9 Å². The lowest BCUT2D eigenvalue weighted by Gasteiger charge is -2.28. The highest BCUT2D eigenvalue weighted by molar-refractivity contribution is 6.05. The summed E-state index contributed by atoms with van der Waals surface area (Å²) in [5.41, 5.74) is 2.38. The van der Waals surface area contributed by atoms with Gasteiger partial charge in [0.2, 0.25) is 5.91 Å². The Bertz CT molecular complexity index is 1060. The Morgan fingerprint density at radius 1 is 0.806 bits per heavy atom. The molecule has 0 radical (unpaired) electrons. The van der Waals surface area contributed by atoms with Gasteiger partial charge < -0.3 is 15.4 Å². The first-order chi connectivity index (χ1) is 15.1. The first-order valence-electron chi connectivity index (χ1n) is 10.5. The van der Waals surface area contributed by atoms with Crippen LogP contribution in [0, 0.1) is 0 Å². The molecule has 1 saturated carbocycles. The predicted octanol–water partition coefficient (Wildman–Crippen LogP) is 5.40. The van der Waals surface area contributed by atoms with Crippen molar-refractivity contribution in [1.29, 1.82) is 0 Å². The van der Waals surface area contributed by atoms with Gasteiger partial charge in [0.05, 0.1) is 18.2 Å². The van der Waals surface area contributed by atoms with E-state index >= 15 is 0 Å². The number of para-hydroxylation sites is 2. The Hall–Kier alpha value is -3.60. The maximum Gasteiger partial charge on any atom is 0.255 e. The minimum absolute atomic E-state index is 0.0161. The fourth-order valence-corrected chi connectivity index (χ4v) is 4.28. The van der Waals surface area contributed by atoms with Gasteiger partial charge in [-0.1, -0.05) is 55.3 Å². The Labute approximate surface area is 182 Å². The average Bonchev–Trinajstić information content (AvgIpc) is 3.32. The second-order valence-corrected chi connectivity index (χ2v) is 7.84. The van der Waals surface area contributed by atoms with Gasteiger partial charge in [-0.3, -0.25) is 9.59 Å². The van der Waals surface area contributed by atoms with Crippen LogP contribution in [0.1, 0.15) is 41.6 Å². The maximum absolute atomic E-state index is 13.3. The molecular formula is C26H26N2O3. The van der Waals surface area contributed by atoms with E-state index in [9.17, 15) is 9.59 Å². The molecule has 0 saturated heterocycles. The zero-order chi connectivity index (χ0) is 21.7. The molecule has 1 fully saturated rings. The molecule has 0 atom stereocenters. The highest BCUT2D eigenvalue weighted by Crippen LogP contribution is 2.42. The summed E-state index contributed by atoms with van der Waals surface area (Å²) in [5.74, 6) is 0.379. The number of hydrogen-bond donors (Lipinski definition) is 2. The molecule has 0 bridgehead atoms. The monoisotopic (exact) mass is 414 g/mol. The van der Waals surface area contributed by atoms with Crippen LogP contribution in [0.25, 0.3) is 0 Å². The molecule has 5 heteroatoms. The summed E-state index contributed by atoms with van der Waals surface area (Å²) in [7, 11) is 1.56. The molecule has 158 valence electrons. The van der Waals surface area contributed by atoms with Gasteiger partial charge in [0.25, 0.3) is 5.91 Å². The topological polar surface area (TPSA) is 67.4 Å². The second kappa shape index (κ2) is 9.04. The van der Waals surface area contributed by atoms with Crippen LogP contribution in [0.3, 0.4) is 0 Å². The Balaban J connectivity index is 1.47. The molecule has 0 unspecified atom stereocenters. The van der Waals surface area contributed by atoms with Crippen molar-refractivity contribution >= 4 is 23.2 Å². The van der Waals surface area contributed by atoms with Gasteiger partial charge in [-0.2, -0.15) is 0 Å². The van der Waals surface area contributed by atoms with Crippen LogP contribution in [0.4, 0.5) is 11.4 Å². The molecule has 5 nitrogen and oxygen atoms in total. The largest absolute Gasteiger partial charge is 0.495 e. The third-order valence-electron chi connectivity index (χ3n) is 5.98. The van der Waals surface area contributed by atoms with Gasteiger partial charge in [-0.05, 0) is 54.8 Å². The van der Waals surface area contributed by atoms with E-state index in [1.165, 1.54) is 0 Å². The molecule has 3 aromatic carbocycles. The lowest BCUT2D eigenvalue weighted by atomic mass is 9.78. The highest BCUT2D eigenvalue weighted by atomic mass is 16.5. The van der Waals surface area contributed by atoms with Crippen LogP contribution < -0.4 is 15.4 Å². The first kappa shape index (κ1) is 20.7. The summed E-state index contributed by atoms with van der Waals surface area (Å²) < 4.78 is 5.28. The molecule has 0 aromatic heterocycles. The number of anilines is 2. The van der Waals surface area contributed by atoms with Crippen LogP contribution in [0.2, 0.25) is 0 Å². The van der Waals surface area contributed by atoms with Crippen LogP contribution in [-0.2, 0) is 10.2 Å². The van der Waals surface area contributed by atoms with Crippen molar-refractivity contribution in [3.63, 3.8) is 0 Å². The number of ether oxygens (including phenoxy) is 1. The van der Waals surface area contributed by atoms with Crippen molar-refractivity contribution in [3.8, 4) is 5.75 Å². The summed E-state index contributed by atoms with van der Waals surface area (Å²) in [6.45, 7) is 0. The number of carbonyl (C=O) groups excluding carboxylic acids is 2. The molecule has 4 rings (SSSR count). The second-order valence-electron chi connectivity index (χ2n) is 7.84. The minimum Gasteiger partial charge on any atom is -0.495 e. The van der Waals surface area contributed by atoms with Gasteiger partial charge in [0.15, 0.2) is 0 Å². The molecule has 0 heterocycles.